The molecule has 0 spiro atoms. The molecule has 0 fully saturated rings. The van der Waals surface area contributed by atoms with E-state index < -0.39 is 0 Å². The molecule has 0 saturated carbocycles. The molecule has 5 nitrogen and oxygen atoms in total. The van der Waals surface area contributed by atoms with Gasteiger partial charge in [0.2, 0.25) is 5.91 Å². The molecule has 19 heavy (non-hydrogen) atoms. The predicted molar refractivity (Wildman–Crippen MR) is 77.1 cm³/mol. The van der Waals surface area contributed by atoms with Crippen LogP contribution in [0.3, 0.4) is 0 Å². The molecule has 1 atom stereocenters. The summed E-state index contributed by atoms with van der Waals surface area (Å²) in [5.74, 6) is 0.687. The highest BCUT2D eigenvalue weighted by Gasteiger charge is 2.08. The second-order valence-corrected chi connectivity index (χ2v) is 4.90. The number of nitrogens with zero attached hydrogens (tertiary/aromatic N) is 1. The van der Waals surface area contributed by atoms with Gasteiger partial charge in [0.05, 0.1) is 13.0 Å². The second-order valence-electron chi connectivity index (χ2n) is 4.90. The van der Waals surface area contributed by atoms with Gasteiger partial charge in [-0.15, -0.1) is 0 Å². The summed E-state index contributed by atoms with van der Waals surface area (Å²) in [7, 11) is 3.96. The van der Waals surface area contributed by atoms with Crippen LogP contribution in [0.4, 0.5) is 5.69 Å². The topological polar surface area (TPSA) is 67.6 Å². The maximum atomic E-state index is 11.7. The third kappa shape index (κ3) is 6.67. The lowest BCUT2D eigenvalue weighted by molar-refractivity contribution is -0.122. The Morgan fingerprint density at radius 1 is 1.47 bits per heavy atom. The standard InChI is InChI=1S/C14H23N3O2/c1-11(10-17(2)3)16-14(18)7-8-19-13-6-4-5-12(15)9-13/h4-6,9,11H,7-8,10,15H2,1-3H3,(H,16,18). The first-order chi connectivity index (χ1) is 8.97. The summed E-state index contributed by atoms with van der Waals surface area (Å²) >= 11 is 0. The highest BCUT2D eigenvalue weighted by atomic mass is 16.5. The maximum Gasteiger partial charge on any atom is 0.223 e. The van der Waals surface area contributed by atoms with Gasteiger partial charge in [-0.25, -0.2) is 0 Å². The Morgan fingerprint density at radius 2 is 2.21 bits per heavy atom. The van der Waals surface area contributed by atoms with Gasteiger partial charge in [0.15, 0.2) is 0 Å². The zero-order chi connectivity index (χ0) is 14.3. The molecule has 3 N–H and O–H groups in total. The van der Waals surface area contributed by atoms with Crippen LogP contribution < -0.4 is 15.8 Å². The second kappa shape index (κ2) is 7.63. The van der Waals surface area contributed by atoms with Crippen LogP contribution in [0.1, 0.15) is 13.3 Å². The van der Waals surface area contributed by atoms with Crippen LogP contribution >= 0.6 is 0 Å². The molecule has 1 amide bonds. The molecule has 0 radical (unpaired) electrons. The minimum atomic E-state index is -0.00162. The van der Waals surface area contributed by atoms with Gasteiger partial charge in [-0.05, 0) is 33.2 Å². The van der Waals surface area contributed by atoms with Gasteiger partial charge >= 0.3 is 0 Å². The number of nitrogens with two attached hydrogens (primary N) is 1. The minimum Gasteiger partial charge on any atom is -0.493 e. The van der Waals surface area contributed by atoms with Gasteiger partial charge < -0.3 is 20.7 Å². The monoisotopic (exact) mass is 265 g/mol. The van der Waals surface area contributed by atoms with Gasteiger partial charge in [0.1, 0.15) is 5.75 Å². The number of rotatable bonds is 7. The van der Waals surface area contributed by atoms with Crippen molar-refractivity contribution in [3.8, 4) is 5.75 Å². The van der Waals surface area contributed by atoms with Crippen molar-refractivity contribution in [3.05, 3.63) is 24.3 Å². The van der Waals surface area contributed by atoms with Crippen LogP contribution in [0.25, 0.3) is 0 Å². The number of likely N-dealkylation sites (N-methyl/N-ethyl adjacent to an activating group) is 1. The molecular formula is C14H23N3O2. The molecule has 1 rings (SSSR count). The largest absolute Gasteiger partial charge is 0.493 e. The van der Waals surface area contributed by atoms with Gasteiger partial charge in [0, 0.05) is 24.3 Å². The average Bonchev–Trinajstić information content (AvgIpc) is 2.27. The lowest BCUT2D eigenvalue weighted by Gasteiger charge is -2.18. The fraction of sp³-hybridized carbons (Fsp3) is 0.500. The van der Waals surface area contributed by atoms with E-state index in [0.29, 0.717) is 24.5 Å². The summed E-state index contributed by atoms with van der Waals surface area (Å²) in [6, 6.07) is 7.32. The first-order valence-electron chi connectivity index (χ1n) is 6.40. The quantitative estimate of drug-likeness (QED) is 0.725. The summed E-state index contributed by atoms with van der Waals surface area (Å²) in [6.07, 6.45) is 0.340. The Kier molecular flexibility index (Phi) is 6.15. The molecule has 0 aliphatic carbocycles. The highest BCUT2D eigenvalue weighted by molar-refractivity contribution is 5.76. The molecule has 0 aliphatic heterocycles. The normalized spacial score (nSPS) is 12.2. The molecule has 106 valence electrons. The number of hydrogen-bond acceptors (Lipinski definition) is 4. The summed E-state index contributed by atoms with van der Waals surface area (Å²) < 4.78 is 5.47. The molecule has 0 aliphatic rings. The van der Waals surface area contributed by atoms with E-state index in [-0.39, 0.29) is 11.9 Å². The Hall–Kier alpha value is -1.75. The molecule has 0 bridgehead atoms. The van der Waals surface area contributed by atoms with Crippen molar-refractivity contribution in [2.75, 3.05) is 33.0 Å². The lowest BCUT2D eigenvalue weighted by atomic mass is 10.3. The van der Waals surface area contributed by atoms with Crippen molar-refractivity contribution in [1.29, 1.82) is 0 Å². The van der Waals surface area contributed by atoms with Crippen molar-refractivity contribution in [2.24, 2.45) is 0 Å². The molecular weight excluding hydrogens is 242 g/mol. The highest BCUT2D eigenvalue weighted by Crippen LogP contribution is 2.14. The van der Waals surface area contributed by atoms with Crippen molar-refractivity contribution < 1.29 is 9.53 Å². The number of nitrogens with one attached hydrogen (secondary N) is 1. The number of carbonyl (C=O) groups is 1. The lowest BCUT2D eigenvalue weighted by Crippen LogP contribution is -2.39. The summed E-state index contributed by atoms with van der Waals surface area (Å²) in [4.78, 5) is 13.7. The third-order valence-electron chi connectivity index (χ3n) is 2.50. The molecule has 0 saturated heterocycles. The van der Waals surface area contributed by atoms with Gasteiger partial charge in [0.25, 0.3) is 0 Å². The van der Waals surface area contributed by atoms with E-state index in [2.05, 4.69) is 5.32 Å². The molecule has 1 unspecified atom stereocenters. The zero-order valence-corrected chi connectivity index (χ0v) is 11.8. The molecule has 0 aromatic heterocycles. The van der Waals surface area contributed by atoms with Crippen LogP contribution in [0.5, 0.6) is 5.75 Å². The number of benzene rings is 1. The van der Waals surface area contributed by atoms with Crippen molar-refractivity contribution in [1.82, 2.24) is 10.2 Å². The van der Waals surface area contributed by atoms with E-state index in [4.69, 9.17) is 10.5 Å². The number of ether oxygens (including phenoxy) is 1. The van der Waals surface area contributed by atoms with Gasteiger partial charge in [-0.3, -0.25) is 4.79 Å². The number of anilines is 1. The van der Waals surface area contributed by atoms with E-state index in [9.17, 15) is 4.79 Å². The average molecular weight is 265 g/mol. The van der Waals surface area contributed by atoms with Crippen LogP contribution in [0.15, 0.2) is 24.3 Å². The number of hydrogen-bond donors (Lipinski definition) is 2. The summed E-state index contributed by atoms with van der Waals surface area (Å²) in [5, 5.41) is 2.92. The summed E-state index contributed by atoms with van der Waals surface area (Å²) in [6.45, 7) is 3.16. The molecule has 5 heteroatoms. The number of carbonyl (C=O) groups excluding carboxylic acids is 1. The smallest absolute Gasteiger partial charge is 0.223 e. The first-order valence-corrected chi connectivity index (χ1v) is 6.40. The van der Waals surface area contributed by atoms with Crippen molar-refractivity contribution in [3.63, 3.8) is 0 Å². The number of nitrogen functional groups attached to an aromatic ring is 1. The Balaban J connectivity index is 2.23. The van der Waals surface area contributed by atoms with E-state index in [1.807, 2.05) is 38.1 Å². The van der Waals surface area contributed by atoms with Crippen LogP contribution in [-0.4, -0.2) is 44.1 Å². The molecule has 1 aromatic rings. The Morgan fingerprint density at radius 3 is 2.84 bits per heavy atom. The van der Waals surface area contributed by atoms with Crippen LogP contribution in [-0.2, 0) is 4.79 Å². The van der Waals surface area contributed by atoms with E-state index in [0.717, 1.165) is 6.54 Å². The summed E-state index contributed by atoms with van der Waals surface area (Å²) in [5.41, 5.74) is 6.29. The molecule has 1 aromatic carbocycles. The Bertz CT molecular complexity index is 407. The minimum absolute atomic E-state index is 0.00162. The van der Waals surface area contributed by atoms with Gasteiger partial charge in [-0.2, -0.15) is 0 Å². The SMILES string of the molecule is CC(CN(C)C)NC(=O)CCOc1cccc(N)c1. The van der Waals surface area contributed by atoms with Crippen molar-refractivity contribution in [2.45, 2.75) is 19.4 Å². The zero-order valence-electron chi connectivity index (χ0n) is 11.8. The molecule has 0 heterocycles. The maximum absolute atomic E-state index is 11.7. The van der Waals surface area contributed by atoms with E-state index in [1.54, 1.807) is 12.1 Å². The fourth-order valence-electron chi connectivity index (χ4n) is 1.81. The number of amides is 1. The Labute approximate surface area is 114 Å². The van der Waals surface area contributed by atoms with Crippen LogP contribution in [0.2, 0.25) is 0 Å². The van der Waals surface area contributed by atoms with Gasteiger partial charge in [-0.1, -0.05) is 6.07 Å². The predicted octanol–water partition coefficient (Wildman–Crippen LogP) is 1.10. The van der Waals surface area contributed by atoms with Crippen LogP contribution in [0, 0.1) is 0 Å². The first kappa shape index (κ1) is 15.3. The fourth-order valence-corrected chi connectivity index (χ4v) is 1.81. The third-order valence-corrected chi connectivity index (χ3v) is 2.50. The van der Waals surface area contributed by atoms with E-state index >= 15 is 0 Å². The van der Waals surface area contributed by atoms with Crippen molar-refractivity contribution >= 4 is 11.6 Å². The van der Waals surface area contributed by atoms with E-state index in [1.165, 1.54) is 0 Å².